The van der Waals surface area contributed by atoms with Crippen LogP contribution < -0.4 is 4.74 Å². The Bertz CT molecular complexity index is 449. The third kappa shape index (κ3) is 1.60. The first-order valence-corrected chi connectivity index (χ1v) is 5.07. The molecule has 86 valence electrons. The minimum absolute atomic E-state index is 0.130. The molecule has 1 aromatic carbocycles. The highest BCUT2D eigenvalue weighted by Gasteiger charge is 2.33. The number of hydrogen-bond donors (Lipinski definition) is 1. The zero-order valence-corrected chi connectivity index (χ0v) is 9.53. The van der Waals surface area contributed by atoms with Crippen LogP contribution >= 0.6 is 0 Å². The summed E-state index contributed by atoms with van der Waals surface area (Å²) in [5.41, 5.74) is 0.711. The number of carbonyl (C=O) groups is 1. The molecule has 0 atom stereocenters. The van der Waals surface area contributed by atoms with Crippen molar-refractivity contribution in [3.8, 4) is 11.5 Å². The minimum Gasteiger partial charge on any atom is -0.504 e. The van der Waals surface area contributed by atoms with Crippen LogP contribution in [0.3, 0.4) is 0 Å². The van der Waals surface area contributed by atoms with Crippen molar-refractivity contribution < 1.29 is 19.4 Å². The van der Waals surface area contributed by atoms with E-state index >= 15 is 0 Å². The second-order valence-electron chi connectivity index (χ2n) is 4.48. The number of phenolic OH excluding ortho intramolecular Hbond substituents is 1. The molecule has 0 saturated heterocycles. The van der Waals surface area contributed by atoms with E-state index in [0.717, 1.165) is 12.0 Å². The molecule has 1 aromatic rings. The van der Waals surface area contributed by atoms with Gasteiger partial charge < -0.3 is 14.6 Å². The molecule has 1 N–H and O–H groups in total. The number of aromatic hydroxyl groups is 1. The number of rotatable bonds is 1. The van der Waals surface area contributed by atoms with Gasteiger partial charge in [0.15, 0.2) is 11.5 Å². The van der Waals surface area contributed by atoms with E-state index in [9.17, 15) is 9.90 Å². The van der Waals surface area contributed by atoms with Crippen molar-refractivity contribution in [1.82, 2.24) is 0 Å². The number of esters is 1. The molecule has 4 heteroatoms. The van der Waals surface area contributed by atoms with Crippen LogP contribution in [-0.2, 0) is 11.2 Å². The Balaban J connectivity index is 2.48. The van der Waals surface area contributed by atoms with Crippen LogP contribution in [0.5, 0.6) is 11.5 Å². The van der Waals surface area contributed by atoms with Gasteiger partial charge in [0.2, 0.25) is 0 Å². The molecular formula is C12H14O4. The smallest absolute Gasteiger partial charge is 0.341 e. The Kier molecular flexibility index (Phi) is 2.30. The maximum atomic E-state index is 11.4. The molecule has 1 heterocycles. The topological polar surface area (TPSA) is 55.8 Å². The Morgan fingerprint density at radius 3 is 2.81 bits per heavy atom. The van der Waals surface area contributed by atoms with Gasteiger partial charge in [-0.2, -0.15) is 0 Å². The fourth-order valence-corrected chi connectivity index (χ4v) is 1.91. The standard InChI is InChI=1S/C12H14O4/c1-12(2)6-7-4-5-8(11(14)15-3)9(13)10(7)16-12/h4-5,13H,6H2,1-3H3. The quantitative estimate of drug-likeness (QED) is 0.737. The van der Waals surface area contributed by atoms with Crippen LogP contribution in [-0.4, -0.2) is 23.8 Å². The van der Waals surface area contributed by atoms with E-state index in [1.54, 1.807) is 12.1 Å². The molecule has 0 amide bonds. The van der Waals surface area contributed by atoms with Crippen LogP contribution in [0.2, 0.25) is 0 Å². The fraction of sp³-hybridized carbons (Fsp3) is 0.417. The lowest BCUT2D eigenvalue weighted by Crippen LogP contribution is -2.24. The van der Waals surface area contributed by atoms with E-state index in [1.807, 2.05) is 13.8 Å². The normalized spacial score (nSPS) is 16.4. The number of ether oxygens (including phenoxy) is 2. The van der Waals surface area contributed by atoms with Gasteiger partial charge in [-0.3, -0.25) is 0 Å². The van der Waals surface area contributed by atoms with Crippen LogP contribution in [0, 0.1) is 0 Å². The molecule has 0 aliphatic carbocycles. The first-order chi connectivity index (χ1) is 7.44. The highest BCUT2D eigenvalue weighted by molar-refractivity contribution is 5.93. The number of methoxy groups -OCH3 is 1. The third-order valence-corrected chi connectivity index (χ3v) is 2.61. The average Bonchev–Trinajstić information content (AvgIpc) is 2.53. The summed E-state index contributed by atoms with van der Waals surface area (Å²) in [5, 5.41) is 9.92. The van der Waals surface area contributed by atoms with Crippen molar-refractivity contribution >= 4 is 5.97 Å². The Hall–Kier alpha value is -1.71. The summed E-state index contributed by atoms with van der Waals surface area (Å²) in [5.74, 6) is -0.295. The predicted octanol–water partition coefficient (Wildman–Crippen LogP) is 1.89. The number of fused-ring (bicyclic) bond motifs is 1. The minimum atomic E-state index is -0.561. The van der Waals surface area contributed by atoms with Crippen molar-refractivity contribution in [2.24, 2.45) is 0 Å². The highest BCUT2D eigenvalue weighted by Crippen LogP contribution is 2.43. The molecule has 4 nitrogen and oxygen atoms in total. The lowest BCUT2D eigenvalue weighted by molar-refractivity contribution is 0.0595. The highest BCUT2D eigenvalue weighted by atomic mass is 16.5. The zero-order chi connectivity index (χ0) is 11.9. The van der Waals surface area contributed by atoms with E-state index < -0.39 is 5.97 Å². The second-order valence-corrected chi connectivity index (χ2v) is 4.48. The first-order valence-electron chi connectivity index (χ1n) is 5.07. The third-order valence-electron chi connectivity index (χ3n) is 2.61. The number of benzene rings is 1. The molecule has 0 radical (unpaired) electrons. The molecule has 0 spiro atoms. The molecule has 0 saturated carbocycles. The predicted molar refractivity (Wildman–Crippen MR) is 57.9 cm³/mol. The summed E-state index contributed by atoms with van der Waals surface area (Å²) in [4.78, 5) is 11.4. The molecule has 16 heavy (non-hydrogen) atoms. The first kappa shape index (κ1) is 10.8. The lowest BCUT2D eigenvalue weighted by Gasteiger charge is -2.17. The number of hydrogen-bond acceptors (Lipinski definition) is 4. The van der Waals surface area contributed by atoms with Crippen molar-refractivity contribution in [2.75, 3.05) is 7.11 Å². The summed E-state index contributed by atoms with van der Waals surface area (Å²) in [7, 11) is 1.28. The lowest BCUT2D eigenvalue weighted by atomic mass is 10.0. The van der Waals surface area contributed by atoms with E-state index in [2.05, 4.69) is 4.74 Å². The molecular weight excluding hydrogens is 208 g/mol. The summed E-state index contributed by atoms with van der Waals surface area (Å²) < 4.78 is 10.2. The molecule has 0 bridgehead atoms. The monoisotopic (exact) mass is 222 g/mol. The zero-order valence-electron chi connectivity index (χ0n) is 9.53. The van der Waals surface area contributed by atoms with Gasteiger partial charge in [-0.1, -0.05) is 6.07 Å². The largest absolute Gasteiger partial charge is 0.504 e. The second kappa shape index (κ2) is 3.40. The van der Waals surface area contributed by atoms with Gasteiger partial charge >= 0.3 is 5.97 Å². The Morgan fingerprint density at radius 1 is 1.50 bits per heavy atom. The SMILES string of the molecule is COC(=O)c1ccc2c(c1O)OC(C)(C)C2. The summed E-state index contributed by atoms with van der Waals surface area (Å²) >= 11 is 0. The van der Waals surface area contributed by atoms with Gasteiger partial charge in [-0.05, 0) is 19.9 Å². The van der Waals surface area contributed by atoms with Gasteiger partial charge in [0.1, 0.15) is 11.2 Å². The van der Waals surface area contributed by atoms with Gasteiger partial charge in [-0.15, -0.1) is 0 Å². The van der Waals surface area contributed by atoms with Gasteiger partial charge in [0.05, 0.1) is 7.11 Å². The fourth-order valence-electron chi connectivity index (χ4n) is 1.91. The maximum absolute atomic E-state index is 11.4. The van der Waals surface area contributed by atoms with Crippen LogP contribution in [0.4, 0.5) is 0 Å². The van der Waals surface area contributed by atoms with Crippen molar-refractivity contribution in [3.05, 3.63) is 23.3 Å². The van der Waals surface area contributed by atoms with E-state index in [0.29, 0.717) is 5.75 Å². The van der Waals surface area contributed by atoms with E-state index in [4.69, 9.17) is 4.74 Å². The Labute approximate surface area is 93.8 Å². The van der Waals surface area contributed by atoms with Crippen LogP contribution in [0.1, 0.15) is 29.8 Å². The van der Waals surface area contributed by atoms with E-state index in [-0.39, 0.29) is 16.9 Å². The van der Waals surface area contributed by atoms with Gasteiger partial charge in [0, 0.05) is 12.0 Å². The molecule has 1 aliphatic rings. The summed E-state index contributed by atoms with van der Waals surface area (Å²) in [6, 6.07) is 3.35. The van der Waals surface area contributed by atoms with Gasteiger partial charge in [-0.25, -0.2) is 4.79 Å². The molecule has 0 aromatic heterocycles. The van der Waals surface area contributed by atoms with Crippen LogP contribution in [0.15, 0.2) is 12.1 Å². The molecule has 1 aliphatic heterocycles. The number of carbonyl (C=O) groups excluding carboxylic acids is 1. The Morgan fingerprint density at radius 2 is 2.19 bits per heavy atom. The van der Waals surface area contributed by atoms with Crippen LogP contribution in [0.25, 0.3) is 0 Å². The maximum Gasteiger partial charge on any atom is 0.341 e. The van der Waals surface area contributed by atoms with Crippen molar-refractivity contribution in [3.63, 3.8) is 0 Å². The average molecular weight is 222 g/mol. The molecule has 2 rings (SSSR count). The summed E-state index contributed by atoms with van der Waals surface area (Å²) in [6.07, 6.45) is 0.720. The van der Waals surface area contributed by atoms with Gasteiger partial charge in [0.25, 0.3) is 0 Å². The van der Waals surface area contributed by atoms with E-state index in [1.165, 1.54) is 7.11 Å². The van der Waals surface area contributed by atoms with Crippen molar-refractivity contribution in [2.45, 2.75) is 25.9 Å². The molecule has 0 unspecified atom stereocenters. The van der Waals surface area contributed by atoms with Crippen molar-refractivity contribution in [1.29, 1.82) is 0 Å². The number of phenols is 1. The summed E-state index contributed by atoms with van der Waals surface area (Å²) in [6.45, 7) is 3.87. The molecule has 0 fully saturated rings.